The van der Waals surface area contributed by atoms with Crippen molar-refractivity contribution in [2.45, 2.75) is 0 Å². The highest BCUT2D eigenvalue weighted by atomic mass is 16.3. The molecule has 9 aromatic carbocycles. The summed E-state index contributed by atoms with van der Waals surface area (Å²) in [5, 5.41) is 1.23. The molecule has 0 bridgehead atoms. The summed E-state index contributed by atoms with van der Waals surface area (Å²) in [7, 11) is 0. The van der Waals surface area contributed by atoms with Crippen LogP contribution >= 0.6 is 0 Å². The highest BCUT2D eigenvalue weighted by Gasteiger charge is 2.19. The lowest BCUT2D eigenvalue weighted by Gasteiger charge is -2.12. The summed E-state index contributed by atoms with van der Waals surface area (Å²) in [6, 6.07) is 43.2. The third kappa shape index (κ3) is 5.75. The van der Waals surface area contributed by atoms with Gasteiger partial charge in [-0.05, 0) is 93.3 Å². The Morgan fingerprint density at radius 1 is 0.367 bits per heavy atom. The highest BCUT2D eigenvalue weighted by Crippen LogP contribution is 2.40. The summed E-state index contributed by atoms with van der Waals surface area (Å²) in [6.07, 6.45) is 0. The number of rotatable bonds is 6. The number of fused-ring (bicyclic) bond motifs is 8. The highest BCUT2D eigenvalue weighted by molar-refractivity contribution is 6.15. The lowest BCUT2D eigenvalue weighted by atomic mass is 9.96. The first-order valence-electron chi connectivity index (χ1n) is 23.9. The fourth-order valence-corrected chi connectivity index (χ4v) is 7.94. The van der Waals surface area contributed by atoms with E-state index in [2.05, 4.69) is 24.3 Å². The summed E-state index contributed by atoms with van der Waals surface area (Å²) < 4.78 is 93.4. The first-order chi connectivity index (χ1) is 33.5. The Morgan fingerprint density at radius 3 is 1.73 bits per heavy atom. The summed E-state index contributed by atoms with van der Waals surface area (Å²) >= 11 is 0. The van der Waals surface area contributed by atoms with Crippen molar-refractivity contribution in [3.8, 4) is 67.5 Å². The number of hydrogen-bond donors (Lipinski definition) is 0. The minimum Gasteiger partial charge on any atom is -0.456 e. The van der Waals surface area contributed by atoms with Gasteiger partial charge in [0.1, 0.15) is 22.3 Å². The lowest BCUT2D eigenvalue weighted by molar-refractivity contribution is 0.669. The maximum atomic E-state index is 9.68. The molecular weight excluding hydrogens is 735 g/mol. The van der Waals surface area contributed by atoms with E-state index >= 15 is 0 Å². The van der Waals surface area contributed by atoms with E-state index in [1.807, 2.05) is 121 Å². The molecule has 3 heterocycles. The van der Waals surface area contributed by atoms with Crippen LogP contribution < -0.4 is 0 Å². The van der Waals surface area contributed by atoms with Crippen molar-refractivity contribution in [3.05, 3.63) is 200 Å². The molecule has 12 rings (SSSR count). The monoisotopic (exact) mass is 776 g/mol. The number of aromatic nitrogens is 3. The Kier molecular flexibility index (Phi) is 5.95. The summed E-state index contributed by atoms with van der Waals surface area (Å²) in [5.41, 5.74) is 7.58. The van der Waals surface area contributed by atoms with E-state index in [0.29, 0.717) is 22.3 Å². The van der Waals surface area contributed by atoms with E-state index in [1.54, 1.807) is 0 Å². The smallest absolute Gasteiger partial charge is 0.164 e. The van der Waals surface area contributed by atoms with Gasteiger partial charge in [-0.2, -0.15) is 0 Å². The molecular formula is C55H33N3O2. The van der Waals surface area contributed by atoms with Gasteiger partial charge in [-0.3, -0.25) is 0 Å². The van der Waals surface area contributed by atoms with Crippen LogP contribution in [0, 0.1) is 0 Å². The molecule has 280 valence electrons. The van der Waals surface area contributed by atoms with E-state index < -0.39 is 54.4 Å². The second kappa shape index (κ2) is 13.8. The van der Waals surface area contributed by atoms with Crippen LogP contribution in [0.25, 0.3) is 122 Å². The Morgan fingerprint density at radius 2 is 1.00 bits per heavy atom. The number of nitrogens with zero attached hydrogens (tertiary/aromatic N) is 3. The zero-order valence-electron chi connectivity index (χ0n) is 40.5. The van der Waals surface area contributed by atoms with Gasteiger partial charge in [0.2, 0.25) is 0 Å². The van der Waals surface area contributed by atoms with Crippen LogP contribution in [0.5, 0.6) is 0 Å². The molecule has 3 aromatic heterocycles. The molecule has 0 N–H and O–H groups in total. The quantitative estimate of drug-likeness (QED) is 0.168. The van der Waals surface area contributed by atoms with Crippen LogP contribution in [-0.4, -0.2) is 15.0 Å². The fraction of sp³-hybridized carbons (Fsp3) is 0. The van der Waals surface area contributed by atoms with E-state index in [4.69, 9.17) is 32.0 Å². The van der Waals surface area contributed by atoms with Gasteiger partial charge in [0.25, 0.3) is 0 Å². The maximum Gasteiger partial charge on any atom is 0.164 e. The molecule has 0 saturated carbocycles. The van der Waals surface area contributed by atoms with Crippen molar-refractivity contribution in [1.82, 2.24) is 15.0 Å². The van der Waals surface area contributed by atoms with E-state index in [0.717, 1.165) is 44.2 Å². The fourth-order valence-electron chi connectivity index (χ4n) is 7.94. The minimum absolute atomic E-state index is 0.108. The van der Waals surface area contributed by atoms with Crippen LogP contribution in [0.15, 0.2) is 209 Å². The zero-order chi connectivity index (χ0) is 47.4. The number of hydrogen-bond acceptors (Lipinski definition) is 5. The van der Waals surface area contributed by atoms with Gasteiger partial charge in [0.15, 0.2) is 17.5 Å². The molecule has 0 aliphatic rings. The van der Waals surface area contributed by atoms with E-state index in [9.17, 15) is 4.11 Å². The van der Waals surface area contributed by atoms with Gasteiger partial charge >= 0.3 is 0 Å². The van der Waals surface area contributed by atoms with Crippen molar-refractivity contribution in [2.24, 2.45) is 0 Å². The third-order valence-electron chi connectivity index (χ3n) is 10.8. The summed E-state index contributed by atoms with van der Waals surface area (Å²) in [5.74, 6) is 0.295. The first-order valence-corrected chi connectivity index (χ1v) is 19.4. The SMILES string of the molecule is [2H]c1c([2H])c([2H])c2c(c1[2H])c([2H])c([2H])c1c2oc2c([2H])c(-c3nc(-c4cc(-c5ccccc5)cc(-c5ccccc5)c4)nc(-c4ccc5c(c4)oc4cccc(-c6ccccc6)c45)n3)c([2H])c([2H])c21. The maximum absolute atomic E-state index is 9.68. The molecule has 60 heavy (non-hydrogen) atoms. The van der Waals surface area contributed by atoms with Crippen LogP contribution in [0.3, 0.4) is 0 Å². The van der Waals surface area contributed by atoms with Crippen LogP contribution in [0.4, 0.5) is 0 Å². The van der Waals surface area contributed by atoms with Crippen molar-refractivity contribution < 1.29 is 21.2 Å². The Hall–Kier alpha value is -8.15. The summed E-state index contributed by atoms with van der Waals surface area (Å²) in [4.78, 5) is 15.0. The molecule has 0 radical (unpaired) electrons. The normalized spacial score (nSPS) is 13.8. The second-order valence-electron chi connectivity index (χ2n) is 14.5. The van der Waals surface area contributed by atoms with Crippen molar-refractivity contribution in [2.75, 3.05) is 0 Å². The topological polar surface area (TPSA) is 65.0 Å². The van der Waals surface area contributed by atoms with Crippen LogP contribution in [-0.2, 0) is 0 Å². The van der Waals surface area contributed by atoms with Crippen molar-refractivity contribution in [3.63, 3.8) is 0 Å². The molecule has 0 atom stereocenters. The van der Waals surface area contributed by atoms with Gasteiger partial charge in [-0.1, -0.05) is 145 Å². The van der Waals surface area contributed by atoms with E-state index in [1.165, 1.54) is 0 Å². The lowest BCUT2D eigenvalue weighted by Crippen LogP contribution is -2.00. The Bertz CT molecular complexity index is 4070. The average Bonchev–Trinajstić information content (AvgIpc) is 3.98. The standard InChI is InChI=1S/C55H33N3O2/c1-4-13-34(14-5-1)40-29-41(35-15-6-2-7-16-35)31-42(30-40)55-57-53(38-24-26-45-46-27-23-37-19-10-11-20-44(37)52(46)60-49(45)32-38)56-54(58-55)39-25-28-47-50(33-39)59-48-22-12-21-43(51(47)48)36-17-8-3-9-18-36/h1-33H/i10D,11D,19D,20D,23D,24D,26D,27D,32D. The Labute approximate surface area is 357 Å². The van der Waals surface area contributed by atoms with Crippen LogP contribution in [0.1, 0.15) is 12.3 Å². The predicted molar refractivity (Wildman–Crippen MR) is 245 cm³/mol. The molecule has 0 spiro atoms. The molecule has 0 saturated heterocycles. The van der Waals surface area contributed by atoms with Crippen molar-refractivity contribution in [1.29, 1.82) is 0 Å². The molecule has 0 aliphatic carbocycles. The van der Waals surface area contributed by atoms with Gasteiger partial charge in [0, 0.05) is 43.6 Å². The predicted octanol–water partition coefficient (Wildman–Crippen LogP) is 14.8. The van der Waals surface area contributed by atoms with Crippen LogP contribution in [0.2, 0.25) is 0 Å². The first kappa shape index (κ1) is 26.0. The molecule has 0 fully saturated rings. The van der Waals surface area contributed by atoms with Crippen molar-refractivity contribution >= 4 is 54.6 Å². The number of furan rings is 2. The molecule has 0 unspecified atom stereocenters. The molecule has 5 nitrogen and oxygen atoms in total. The summed E-state index contributed by atoms with van der Waals surface area (Å²) in [6.45, 7) is 0. The molecule has 0 amide bonds. The molecule has 12 aromatic rings. The van der Waals surface area contributed by atoms with Gasteiger partial charge < -0.3 is 8.83 Å². The van der Waals surface area contributed by atoms with Gasteiger partial charge in [-0.15, -0.1) is 0 Å². The minimum atomic E-state index is -0.572. The Balaban J connectivity index is 1.13. The molecule has 0 aliphatic heterocycles. The zero-order valence-corrected chi connectivity index (χ0v) is 31.5. The third-order valence-corrected chi connectivity index (χ3v) is 10.8. The van der Waals surface area contributed by atoms with E-state index in [-0.39, 0.29) is 55.7 Å². The largest absolute Gasteiger partial charge is 0.456 e. The average molecular weight is 777 g/mol. The molecule has 5 heteroatoms. The van der Waals surface area contributed by atoms with Gasteiger partial charge in [0.05, 0.1) is 12.3 Å². The number of benzene rings is 9. The second-order valence-corrected chi connectivity index (χ2v) is 14.5. The van der Waals surface area contributed by atoms with Gasteiger partial charge in [-0.25, -0.2) is 15.0 Å².